The van der Waals surface area contributed by atoms with Gasteiger partial charge in [0.2, 0.25) is 0 Å². The van der Waals surface area contributed by atoms with Gasteiger partial charge in [-0.05, 0) is 60.7 Å². The first-order valence-corrected chi connectivity index (χ1v) is 10.3. The number of carbonyl (C=O) groups excluding carboxylic acids is 1. The van der Waals surface area contributed by atoms with E-state index in [0.717, 1.165) is 53.6 Å². The number of amides is 1. The Hall–Kier alpha value is -3.28. The van der Waals surface area contributed by atoms with Crippen LogP contribution in [0.2, 0.25) is 0 Å². The third-order valence-electron chi connectivity index (χ3n) is 5.39. The summed E-state index contributed by atoms with van der Waals surface area (Å²) in [6, 6.07) is 12.7. The van der Waals surface area contributed by atoms with Crippen molar-refractivity contribution in [3.05, 3.63) is 64.0 Å². The van der Waals surface area contributed by atoms with E-state index in [2.05, 4.69) is 6.92 Å². The minimum absolute atomic E-state index is 0.0874. The van der Waals surface area contributed by atoms with Crippen molar-refractivity contribution in [3.8, 4) is 11.5 Å². The Kier molecular flexibility index (Phi) is 5.74. The molecule has 6 nitrogen and oxygen atoms in total. The predicted molar refractivity (Wildman–Crippen MR) is 116 cm³/mol. The fraction of sp³-hybridized carbons (Fsp3) is 0.333. The van der Waals surface area contributed by atoms with E-state index in [9.17, 15) is 9.59 Å². The van der Waals surface area contributed by atoms with Crippen LogP contribution < -0.4 is 20.0 Å². The van der Waals surface area contributed by atoms with Crippen LogP contribution >= 0.6 is 0 Å². The lowest BCUT2D eigenvalue weighted by Gasteiger charge is -2.29. The first-order valence-electron chi connectivity index (χ1n) is 10.3. The first-order chi connectivity index (χ1) is 14.6. The zero-order valence-electron chi connectivity index (χ0n) is 17.3. The van der Waals surface area contributed by atoms with E-state index < -0.39 is 0 Å². The fourth-order valence-corrected chi connectivity index (χ4v) is 3.96. The molecular weight excluding hydrogens is 382 g/mol. The molecule has 0 saturated carbocycles. The number of methoxy groups -OCH3 is 1. The molecule has 4 rings (SSSR count). The zero-order valence-corrected chi connectivity index (χ0v) is 17.3. The smallest absolute Gasteiger partial charge is 0.336 e. The molecule has 0 saturated heterocycles. The molecule has 0 N–H and O–H groups in total. The highest BCUT2D eigenvalue weighted by Gasteiger charge is 2.23. The number of rotatable bonds is 6. The van der Waals surface area contributed by atoms with Crippen LogP contribution in [0, 0.1) is 0 Å². The van der Waals surface area contributed by atoms with Crippen LogP contribution in [-0.2, 0) is 17.6 Å². The molecule has 0 aliphatic carbocycles. The lowest BCUT2D eigenvalue weighted by molar-refractivity contribution is -0.120. The van der Waals surface area contributed by atoms with Crippen molar-refractivity contribution in [2.75, 3.05) is 25.2 Å². The highest BCUT2D eigenvalue weighted by Crippen LogP contribution is 2.31. The van der Waals surface area contributed by atoms with Gasteiger partial charge < -0.3 is 18.8 Å². The van der Waals surface area contributed by atoms with Crippen molar-refractivity contribution >= 4 is 22.6 Å². The monoisotopic (exact) mass is 407 g/mol. The molecule has 0 unspecified atom stereocenters. The minimum Gasteiger partial charge on any atom is -0.497 e. The maximum atomic E-state index is 12.8. The Bertz CT molecular complexity index is 1130. The highest BCUT2D eigenvalue weighted by atomic mass is 16.5. The summed E-state index contributed by atoms with van der Waals surface area (Å²) >= 11 is 0. The van der Waals surface area contributed by atoms with Crippen LogP contribution in [0.4, 0.5) is 5.69 Å². The largest absolute Gasteiger partial charge is 0.497 e. The summed E-state index contributed by atoms with van der Waals surface area (Å²) in [5.41, 5.74) is 3.08. The average molecular weight is 407 g/mol. The van der Waals surface area contributed by atoms with Gasteiger partial charge in [-0.3, -0.25) is 4.79 Å². The van der Waals surface area contributed by atoms with E-state index in [1.54, 1.807) is 24.1 Å². The highest BCUT2D eigenvalue weighted by molar-refractivity contribution is 5.95. The second-order valence-corrected chi connectivity index (χ2v) is 7.43. The van der Waals surface area contributed by atoms with Gasteiger partial charge in [-0.2, -0.15) is 0 Å². The molecule has 30 heavy (non-hydrogen) atoms. The molecule has 6 heteroatoms. The molecule has 2 aromatic carbocycles. The van der Waals surface area contributed by atoms with Crippen molar-refractivity contribution in [1.82, 2.24) is 0 Å². The summed E-state index contributed by atoms with van der Waals surface area (Å²) in [5, 5.41) is 0.897. The maximum Gasteiger partial charge on any atom is 0.336 e. The number of carbonyl (C=O) groups is 1. The van der Waals surface area contributed by atoms with Crippen molar-refractivity contribution in [3.63, 3.8) is 0 Å². The molecule has 3 aromatic rings. The summed E-state index contributed by atoms with van der Waals surface area (Å²) in [6.45, 7) is 2.64. The summed E-state index contributed by atoms with van der Waals surface area (Å²) < 4.78 is 16.4. The molecule has 0 bridgehead atoms. The van der Waals surface area contributed by atoms with Gasteiger partial charge in [-0.25, -0.2) is 4.79 Å². The number of aryl methyl sites for hydroxylation is 2. The summed E-state index contributed by atoms with van der Waals surface area (Å²) in [6.07, 6.45) is 3.56. The molecule has 0 fully saturated rings. The van der Waals surface area contributed by atoms with Crippen molar-refractivity contribution in [2.45, 2.75) is 32.6 Å². The lowest BCUT2D eigenvalue weighted by Crippen LogP contribution is -2.38. The quantitative estimate of drug-likeness (QED) is 0.575. The summed E-state index contributed by atoms with van der Waals surface area (Å²) in [5.74, 6) is 1.18. The van der Waals surface area contributed by atoms with Gasteiger partial charge >= 0.3 is 5.63 Å². The van der Waals surface area contributed by atoms with E-state index in [0.29, 0.717) is 17.9 Å². The van der Waals surface area contributed by atoms with Gasteiger partial charge in [0.05, 0.1) is 7.11 Å². The number of fused-ring (bicyclic) bond motifs is 2. The van der Waals surface area contributed by atoms with E-state index in [1.807, 2.05) is 30.3 Å². The normalized spacial score (nSPS) is 13.2. The van der Waals surface area contributed by atoms with E-state index >= 15 is 0 Å². The molecule has 1 aromatic heterocycles. The number of nitrogens with zero attached hydrogens (tertiary/aromatic N) is 1. The van der Waals surface area contributed by atoms with Crippen molar-refractivity contribution in [2.24, 2.45) is 0 Å². The average Bonchev–Trinajstić information content (AvgIpc) is 2.76. The van der Waals surface area contributed by atoms with Gasteiger partial charge in [-0.1, -0.05) is 13.3 Å². The Labute approximate surface area is 175 Å². The van der Waals surface area contributed by atoms with Crippen LogP contribution in [0.25, 0.3) is 11.0 Å². The molecule has 0 atom stereocenters. The van der Waals surface area contributed by atoms with Gasteiger partial charge in [-0.15, -0.1) is 0 Å². The third kappa shape index (κ3) is 4.03. The zero-order chi connectivity index (χ0) is 21.1. The maximum absolute atomic E-state index is 12.8. The SMILES string of the molecule is CCCc1cc(=O)oc2cc(OCC(=O)N3CCCc4cc(OC)ccc43)ccc12. The number of hydrogen-bond acceptors (Lipinski definition) is 5. The van der Waals surface area contributed by atoms with Gasteiger partial charge in [0.15, 0.2) is 6.61 Å². The molecule has 0 radical (unpaired) electrons. The molecule has 0 spiro atoms. The van der Waals surface area contributed by atoms with Crippen LogP contribution in [0.5, 0.6) is 11.5 Å². The second kappa shape index (κ2) is 8.61. The molecule has 1 aliphatic rings. The summed E-state index contributed by atoms with van der Waals surface area (Å²) in [7, 11) is 1.64. The predicted octanol–water partition coefficient (Wildman–Crippen LogP) is 4.11. The van der Waals surface area contributed by atoms with Crippen LogP contribution in [-0.4, -0.2) is 26.2 Å². The summed E-state index contributed by atoms with van der Waals surface area (Å²) in [4.78, 5) is 26.5. The Morgan fingerprint density at radius 1 is 1.13 bits per heavy atom. The molecule has 1 aliphatic heterocycles. The molecule has 1 amide bonds. The first kappa shape index (κ1) is 20.0. The van der Waals surface area contributed by atoms with Gasteiger partial charge in [0.25, 0.3) is 5.91 Å². The molecule has 2 heterocycles. The van der Waals surface area contributed by atoms with Crippen molar-refractivity contribution in [1.29, 1.82) is 0 Å². The lowest BCUT2D eigenvalue weighted by atomic mass is 10.0. The van der Waals surface area contributed by atoms with Gasteiger partial charge in [0.1, 0.15) is 17.1 Å². The number of hydrogen-bond donors (Lipinski definition) is 0. The fourth-order valence-electron chi connectivity index (χ4n) is 3.96. The second-order valence-electron chi connectivity index (χ2n) is 7.43. The van der Waals surface area contributed by atoms with Crippen LogP contribution in [0.1, 0.15) is 30.9 Å². The Morgan fingerprint density at radius 2 is 1.97 bits per heavy atom. The molecule has 156 valence electrons. The van der Waals surface area contributed by atoms with Crippen LogP contribution in [0.3, 0.4) is 0 Å². The van der Waals surface area contributed by atoms with E-state index in [4.69, 9.17) is 13.9 Å². The minimum atomic E-state index is -0.375. The van der Waals surface area contributed by atoms with Crippen molar-refractivity contribution < 1.29 is 18.7 Å². The van der Waals surface area contributed by atoms with E-state index in [-0.39, 0.29) is 18.1 Å². The Morgan fingerprint density at radius 3 is 2.77 bits per heavy atom. The van der Waals surface area contributed by atoms with Gasteiger partial charge in [0, 0.05) is 29.8 Å². The number of benzene rings is 2. The number of ether oxygens (including phenoxy) is 2. The molecular formula is C24H25NO5. The van der Waals surface area contributed by atoms with Crippen LogP contribution in [0.15, 0.2) is 51.7 Å². The standard InChI is InChI=1S/C24H25NO5/c1-3-5-16-13-24(27)30-22-14-19(7-9-20(16)22)29-15-23(26)25-11-4-6-17-12-18(28-2)8-10-21(17)25/h7-10,12-14H,3-6,11,15H2,1-2H3. The topological polar surface area (TPSA) is 69.0 Å². The Balaban J connectivity index is 1.51. The van der Waals surface area contributed by atoms with E-state index in [1.165, 1.54) is 0 Å². The number of anilines is 1. The third-order valence-corrected chi connectivity index (χ3v) is 5.39.